The number of fused-ring (bicyclic) bond motifs is 1. The van der Waals surface area contributed by atoms with Crippen molar-refractivity contribution in [3.8, 4) is 5.69 Å². The van der Waals surface area contributed by atoms with Crippen LogP contribution in [0, 0.1) is 0 Å². The third-order valence-corrected chi connectivity index (χ3v) is 3.48. The number of aryl methyl sites for hydroxylation is 1. The van der Waals surface area contributed by atoms with Gasteiger partial charge in [-0.05, 0) is 18.6 Å². The van der Waals surface area contributed by atoms with Gasteiger partial charge in [-0.25, -0.2) is 15.1 Å². The summed E-state index contributed by atoms with van der Waals surface area (Å²) in [6.07, 6.45) is 3.49. The Bertz CT molecular complexity index is 885. The smallest absolute Gasteiger partial charge is 0.264 e. The molecule has 0 spiro atoms. The van der Waals surface area contributed by atoms with E-state index in [0.29, 0.717) is 24.0 Å². The highest BCUT2D eigenvalue weighted by Crippen LogP contribution is 2.13. The predicted molar refractivity (Wildman–Crippen MR) is 82.3 cm³/mol. The molecule has 2 aromatic heterocycles. The first-order chi connectivity index (χ1) is 11.2. The summed E-state index contributed by atoms with van der Waals surface area (Å²) in [6, 6.07) is 9.44. The molecular weight excluding hydrogens is 298 g/mol. The maximum absolute atomic E-state index is 12.4. The number of aromatic nitrogens is 4. The molecule has 23 heavy (non-hydrogen) atoms. The Morgan fingerprint density at radius 2 is 2.04 bits per heavy atom. The van der Waals surface area contributed by atoms with Gasteiger partial charge in [-0.1, -0.05) is 18.2 Å². The maximum Gasteiger partial charge on any atom is 0.264 e. The van der Waals surface area contributed by atoms with E-state index in [1.165, 1.54) is 17.1 Å². The van der Waals surface area contributed by atoms with E-state index >= 15 is 0 Å². The van der Waals surface area contributed by atoms with Crippen LogP contribution in [0.15, 0.2) is 47.7 Å². The van der Waals surface area contributed by atoms with Crippen LogP contribution in [0.3, 0.4) is 0 Å². The molecule has 0 saturated carbocycles. The van der Waals surface area contributed by atoms with Gasteiger partial charge in [0, 0.05) is 13.0 Å². The van der Waals surface area contributed by atoms with E-state index in [9.17, 15) is 9.59 Å². The molecule has 1 aromatic carbocycles. The second kappa shape index (κ2) is 6.41. The van der Waals surface area contributed by atoms with Crippen molar-refractivity contribution < 1.29 is 10.0 Å². The van der Waals surface area contributed by atoms with Crippen molar-refractivity contribution in [2.45, 2.75) is 19.4 Å². The molecule has 2 N–H and O–H groups in total. The van der Waals surface area contributed by atoms with Crippen LogP contribution >= 0.6 is 0 Å². The lowest BCUT2D eigenvalue weighted by atomic mass is 10.3. The highest BCUT2D eigenvalue weighted by Gasteiger charge is 2.11. The SMILES string of the molecule is O=C(CCCn1cnc2c(cnn2-c2ccccc2)c1=O)NO. The summed E-state index contributed by atoms with van der Waals surface area (Å²) in [7, 11) is 0. The van der Waals surface area contributed by atoms with Gasteiger partial charge in [0.2, 0.25) is 5.91 Å². The summed E-state index contributed by atoms with van der Waals surface area (Å²) in [5, 5.41) is 13.1. The molecule has 2 heterocycles. The Morgan fingerprint density at radius 3 is 2.78 bits per heavy atom. The van der Waals surface area contributed by atoms with Gasteiger partial charge in [0.05, 0.1) is 18.2 Å². The maximum atomic E-state index is 12.4. The first-order valence-electron chi connectivity index (χ1n) is 7.12. The number of carbonyl (C=O) groups is 1. The standard InChI is InChI=1S/C15H15N5O3/c21-13(18-23)7-4-8-19-10-16-14-12(15(19)22)9-17-20(14)11-5-2-1-3-6-11/h1-3,5-6,9-10,23H,4,7-8H2,(H,18,21). The van der Waals surface area contributed by atoms with Gasteiger partial charge in [0.1, 0.15) is 5.39 Å². The molecule has 3 rings (SSSR count). The molecule has 0 aliphatic carbocycles. The first-order valence-corrected chi connectivity index (χ1v) is 7.12. The van der Waals surface area contributed by atoms with Crippen LogP contribution in [-0.2, 0) is 11.3 Å². The summed E-state index contributed by atoms with van der Waals surface area (Å²) < 4.78 is 3.05. The van der Waals surface area contributed by atoms with Crippen LogP contribution in [0.1, 0.15) is 12.8 Å². The minimum atomic E-state index is -0.482. The van der Waals surface area contributed by atoms with Crippen LogP contribution in [-0.4, -0.2) is 30.4 Å². The topological polar surface area (TPSA) is 102 Å². The summed E-state index contributed by atoms with van der Waals surface area (Å²) in [6.45, 7) is 0.339. The number of nitrogens with zero attached hydrogens (tertiary/aromatic N) is 4. The fourth-order valence-corrected chi connectivity index (χ4v) is 2.33. The Balaban J connectivity index is 1.89. The summed E-state index contributed by atoms with van der Waals surface area (Å²) in [4.78, 5) is 27.7. The van der Waals surface area contributed by atoms with Crippen LogP contribution < -0.4 is 11.0 Å². The minimum absolute atomic E-state index is 0.129. The van der Waals surface area contributed by atoms with E-state index in [2.05, 4.69) is 10.1 Å². The van der Waals surface area contributed by atoms with Crippen LogP contribution in [0.2, 0.25) is 0 Å². The van der Waals surface area contributed by atoms with Gasteiger partial charge in [-0.3, -0.25) is 19.4 Å². The molecule has 118 valence electrons. The number of nitrogens with one attached hydrogen (secondary N) is 1. The number of rotatable bonds is 5. The number of benzene rings is 1. The highest BCUT2D eigenvalue weighted by molar-refractivity contribution is 5.75. The number of hydrogen-bond donors (Lipinski definition) is 2. The fourth-order valence-electron chi connectivity index (χ4n) is 2.33. The molecule has 0 saturated heterocycles. The molecule has 0 fully saturated rings. The lowest BCUT2D eigenvalue weighted by molar-refractivity contribution is -0.129. The molecule has 8 nitrogen and oxygen atoms in total. The Labute approximate surface area is 131 Å². The van der Waals surface area contributed by atoms with Crippen molar-refractivity contribution in [2.75, 3.05) is 0 Å². The van der Waals surface area contributed by atoms with Gasteiger partial charge in [0.15, 0.2) is 5.65 Å². The van der Waals surface area contributed by atoms with Crippen molar-refractivity contribution >= 4 is 16.9 Å². The number of hydrogen-bond acceptors (Lipinski definition) is 5. The number of para-hydroxylation sites is 1. The Hall–Kier alpha value is -3.00. The average Bonchev–Trinajstić information content (AvgIpc) is 3.02. The molecule has 1 amide bonds. The third kappa shape index (κ3) is 2.97. The molecule has 0 aliphatic heterocycles. The monoisotopic (exact) mass is 313 g/mol. The van der Waals surface area contributed by atoms with Gasteiger partial charge in [-0.15, -0.1) is 0 Å². The van der Waals surface area contributed by atoms with Gasteiger partial charge >= 0.3 is 0 Å². The second-order valence-corrected chi connectivity index (χ2v) is 5.01. The average molecular weight is 313 g/mol. The molecule has 3 aromatic rings. The predicted octanol–water partition coefficient (Wildman–Crippen LogP) is 0.868. The largest absolute Gasteiger partial charge is 0.299 e. The second-order valence-electron chi connectivity index (χ2n) is 5.01. The fraction of sp³-hybridized carbons (Fsp3) is 0.200. The van der Waals surface area contributed by atoms with Crippen molar-refractivity contribution in [3.05, 3.63) is 53.2 Å². The van der Waals surface area contributed by atoms with Crippen LogP contribution in [0.4, 0.5) is 0 Å². The van der Waals surface area contributed by atoms with E-state index in [1.807, 2.05) is 30.3 Å². The normalized spacial score (nSPS) is 10.8. The number of amides is 1. The van der Waals surface area contributed by atoms with Crippen molar-refractivity contribution in [1.82, 2.24) is 24.8 Å². The molecule has 0 unspecified atom stereocenters. The molecular formula is C15H15N5O3. The van der Waals surface area contributed by atoms with Crippen molar-refractivity contribution in [2.24, 2.45) is 0 Å². The summed E-state index contributed by atoms with van der Waals surface area (Å²) >= 11 is 0. The summed E-state index contributed by atoms with van der Waals surface area (Å²) in [5.41, 5.74) is 2.67. The zero-order chi connectivity index (χ0) is 16.2. The van der Waals surface area contributed by atoms with Gasteiger partial charge < -0.3 is 0 Å². The zero-order valence-electron chi connectivity index (χ0n) is 12.2. The molecule has 0 atom stereocenters. The Morgan fingerprint density at radius 1 is 1.26 bits per heavy atom. The lowest BCUT2D eigenvalue weighted by Crippen LogP contribution is -2.23. The van der Waals surface area contributed by atoms with E-state index in [4.69, 9.17) is 5.21 Å². The van der Waals surface area contributed by atoms with E-state index in [1.54, 1.807) is 10.2 Å². The van der Waals surface area contributed by atoms with E-state index < -0.39 is 5.91 Å². The molecule has 0 aliphatic rings. The number of hydroxylamine groups is 1. The van der Waals surface area contributed by atoms with Crippen LogP contribution in [0.25, 0.3) is 16.7 Å². The van der Waals surface area contributed by atoms with E-state index in [-0.39, 0.29) is 12.0 Å². The van der Waals surface area contributed by atoms with Crippen LogP contribution in [0.5, 0.6) is 0 Å². The van der Waals surface area contributed by atoms with Gasteiger partial charge in [0.25, 0.3) is 5.56 Å². The molecule has 0 radical (unpaired) electrons. The highest BCUT2D eigenvalue weighted by atomic mass is 16.5. The first kappa shape index (κ1) is 14.9. The lowest BCUT2D eigenvalue weighted by Gasteiger charge is -2.06. The van der Waals surface area contributed by atoms with Crippen molar-refractivity contribution in [1.29, 1.82) is 0 Å². The van der Waals surface area contributed by atoms with Gasteiger partial charge in [-0.2, -0.15) is 5.10 Å². The molecule has 0 bridgehead atoms. The number of carbonyl (C=O) groups excluding carboxylic acids is 1. The van der Waals surface area contributed by atoms with Crippen molar-refractivity contribution in [3.63, 3.8) is 0 Å². The third-order valence-electron chi connectivity index (χ3n) is 3.48. The quantitative estimate of drug-likeness (QED) is 0.537. The summed E-state index contributed by atoms with van der Waals surface area (Å²) in [5.74, 6) is -0.482. The minimum Gasteiger partial charge on any atom is -0.299 e. The Kier molecular flexibility index (Phi) is 4.15. The zero-order valence-corrected chi connectivity index (χ0v) is 12.2. The molecule has 8 heteroatoms. The van der Waals surface area contributed by atoms with E-state index in [0.717, 1.165) is 5.69 Å².